The first-order valence-corrected chi connectivity index (χ1v) is 16.3. The molecule has 0 aliphatic carbocycles. The molecule has 3 heterocycles. The zero-order valence-corrected chi connectivity index (χ0v) is 26.2. The molecule has 0 aliphatic rings. The summed E-state index contributed by atoms with van der Waals surface area (Å²) >= 11 is 0. The van der Waals surface area contributed by atoms with Gasteiger partial charge in [0.25, 0.3) is 0 Å². The van der Waals surface area contributed by atoms with Gasteiger partial charge in [0.2, 0.25) is 0 Å². The maximum Gasteiger partial charge on any atom is 0.164 e. The minimum Gasteiger partial charge on any atom is -0.454 e. The van der Waals surface area contributed by atoms with E-state index in [1.165, 1.54) is 10.8 Å². The molecule has 0 N–H and O–H groups in total. The minimum atomic E-state index is 0.622. The molecule has 0 radical (unpaired) electrons. The van der Waals surface area contributed by atoms with Gasteiger partial charge in [0.1, 0.15) is 5.58 Å². The summed E-state index contributed by atoms with van der Waals surface area (Å²) in [5.74, 6) is 1.89. The highest BCUT2D eigenvalue weighted by Gasteiger charge is 2.19. The summed E-state index contributed by atoms with van der Waals surface area (Å²) in [5, 5.41) is 8.89. The molecule has 0 saturated carbocycles. The molecule has 0 amide bonds. The van der Waals surface area contributed by atoms with Crippen molar-refractivity contribution in [1.29, 1.82) is 0 Å². The third-order valence-electron chi connectivity index (χ3n) is 9.38. The first-order chi connectivity index (χ1) is 24.3. The molecule has 0 atom stereocenters. The van der Waals surface area contributed by atoms with Gasteiger partial charge < -0.3 is 4.42 Å². The SMILES string of the molecule is c1ccc(-c2nc(-c3ccc4ccccc4c3)nc(-c3cccc4c(-c5cncc6oc7cc8ccccc8cc7c56)cccc34)n2)cc1. The second-order valence-electron chi connectivity index (χ2n) is 12.3. The van der Waals surface area contributed by atoms with Crippen molar-refractivity contribution in [2.45, 2.75) is 0 Å². The Kier molecular flexibility index (Phi) is 6.11. The van der Waals surface area contributed by atoms with Gasteiger partial charge in [-0.3, -0.25) is 4.98 Å². The van der Waals surface area contributed by atoms with Crippen LogP contribution in [0.15, 0.2) is 162 Å². The summed E-state index contributed by atoms with van der Waals surface area (Å²) in [6, 6.07) is 50.3. The highest BCUT2D eigenvalue weighted by atomic mass is 16.3. The van der Waals surface area contributed by atoms with E-state index in [0.717, 1.165) is 71.3 Å². The maximum atomic E-state index is 6.38. The summed E-state index contributed by atoms with van der Waals surface area (Å²) in [5.41, 5.74) is 6.52. The maximum absolute atomic E-state index is 6.38. The molecule has 5 heteroatoms. The fourth-order valence-electron chi connectivity index (χ4n) is 7.03. The molecular formula is C44H26N4O. The third-order valence-corrected chi connectivity index (χ3v) is 9.38. The van der Waals surface area contributed by atoms with Crippen LogP contribution in [0, 0.1) is 0 Å². The van der Waals surface area contributed by atoms with Crippen LogP contribution in [0.1, 0.15) is 0 Å². The van der Waals surface area contributed by atoms with Crippen molar-refractivity contribution in [3.63, 3.8) is 0 Å². The van der Waals surface area contributed by atoms with E-state index < -0.39 is 0 Å². The van der Waals surface area contributed by atoms with E-state index in [0.29, 0.717) is 17.5 Å². The lowest BCUT2D eigenvalue weighted by atomic mass is 9.93. The average Bonchev–Trinajstić information content (AvgIpc) is 3.54. The van der Waals surface area contributed by atoms with E-state index in [4.69, 9.17) is 19.4 Å². The number of furan rings is 1. The Labute approximate surface area is 281 Å². The highest BCUT2D eigenvalue weighted by Crippen LogP contribution is 2.41. The van der Waals surface area contributed by atoms with E-state index in [1.54, 1.807) is 0 Å². The van der Waals surface area contributed by atoms with Crippen molar-refractivity contribution in [2.75, 3.05) is 0 Å². The van der Waals surface area contributed by atoms with E-state index >= 15 is 0 Å². The first kappa shape index (κ1) is 27.4. The normalized spacial score (nSPS) is 11.7. The quantitative estimate of drug-likeness (QED) is 0.194. The van der Waals surface area contributed by atoms with Gasteiger partial charge in [0.15, 0.2) is 23.1 Å². The Hall–Kier alpha value is -6.72. The smallest absolute Gasteiger partial charge is 0.164 e. The lowest BCUT2D eigenvalue weighted by molar-refractivity contribution is 0.667. The monoisotopic (exact) mass is 626 g/mol. The second-order valence-corrected chi connectivity index (χ2v) is 12.3. The lowest BCUT2D eigenvalue weighted by Gasteiger charge is -2.13. The van der Waals surface area contributed by atoms with Gasteiger partial charge in [-0.05, 0) is 56.1 Å². The second kappa shape index (κ2) is 10.9. The van der Waals surface area contributed by atoms with E-state index in [2.05, 4.69) is 120 Å². The highest BCUT2D eigenvalue weighted by molar-refractivity contribution is 6.18. The Morgan fingerprint density at radius 1 is 0.367 bits per heavy atom. The third kappa shape index (κ3) is 4.55. The number of pyridine rings is 1. The molecule has 3 aromatic heterocycles. The van der Waals surface area contributed by atoms with Crippen LogP contribution in [0.5, 0.6) is 0 Å². The molecule has 0 unspecified atom stereocenters. The number of fused-ring (bicyclic) bond motifs is 6. The summed E-state index contributed by atoms with van der Waals surface area (Å²) < 4.78 is 6.38. The molecule has 228 valence electrons. The van der Waals surface area contributed by atoms with Gasteiger partial charge in [-0.25, -0.2) is 15.0 Å². The Balaban J connectivity index is 1.19. The summed E-state index contributed by atoms with van der Waals surface area (Å²) in [7, 11) is 0. The average molecular weight is 627 g/mol. The van der Waals surface area contributed by atoms with Crippen LogP contribution >= 0.6 is 0 Å². The van der Waals surface area contributed by atoms with Crippen LogP contribution in [0.4, 0.5) is 0 Å². The fraction of sp³-hybridized carbons (Fsp3) is 0. The Bertz CT molecular complexity index is 2890. The molecule has 10 aromatic rings. The number of aromatic nitrogens is 4. The van der Waals surface area contributed by atoms with Gasteiger partial charge in [0.05, 0.1) is 6.20 Å². The van der Waals surface area contributed by atoms with Crippen LogP contribution in [0.25, 0.3) is 99.5 Å². The topological polar surface area (TPSA) is 64.7 Å². The minimum absolute atomic E-state index is 0.622. The molecule has 0 fully saturated rings. The van der Waals surface area contributed by atoms with Crippen LogP contribution in [-0.2, 0) is 0 Å². The molecule has 49 heavy (non-hydrogen) atoms. The number of hydrogen-bond acceptors (Lipinski definition) is 5. The molecule has 0 saturated heterocycles. The lowest BCUT2D eigenvalue weighted by Crippen LogP contribution is -2.00. The van der Waals surface area contributed by atoms with Crippen LogP contribution in [0.3, 0.4) is 0 Å². The van der Waals surface area contributed by atoms with E-state index in [-0.39, 0.29) is 0 Å². The summed E-state index contributed by atoms with van der Waals surface area (Å²) in [6.07, 6.45) is 3.76. The van der Waals surface area contributed by atoms with Crippen molar-refractivity contribution in [2.24, 2.45) is 0 Å². The number of benzene rings is 7. The molecular weight excluding hydrogens is 601 g/mol. The number of rotatable bonds is 4. The molecule has 0 spiro atoms. The molecule has 0 aliphatic heterocycles. The van der Waals surface area contributed by atoms with E-state index in [1.807, 2.05) is 42.7 Å². The molecule has 10 rings (SSSR count). The van der Waals surface area contributed by atoms with Crippen molar-refractivity contribution >= 4 is 54.3 Å². The predicted octanol–water partition coefficient (Wildman–Crippen LogP) is 11.3. The largest absolute Gasteiger partial charge is 0.454 e. The number of hydrogen-bond donors (Lipinski definition) is 0. The predicted molar refractivity (Wildman–Crippen MR) is 199 cm³/mol. The van der Waals surface area contributed by atoms with Crippen LogP contribution < -0.4 is 0 Å². The fourth-order valence-corrected chi connectivity index (χ4v) is 7.03. The van der Waals surface area contributed by atoms with E-state index in [9.17, 15) is 0 Å². The molecule has 5 nitrogen and oxygen atoms in total. The first-order valence-electron chi connectivity index (χ1n) is 16.3. The van der Waals surface area contributed by atoms with Crippen molar-refractivity contribution < 1.29 is 4.42 Å². The molecule has 7 aromatic carbocycles. The number of nitrogens with zero attached hydrogens (tertiary/aromatic N) is 4. The van der Waals surface area contributed by atoms with Crippen molar-refractivity contribution in [1.82, 2.24) is 19.9 Å². The zero-order valence-electron chi connectivity index (χ0n) is 26.2. The molecule has 0 bridgehead atoms. The van der Waals surface area contributed by atoms with Crippen molar-refractivity contribution in [3.8, 4) is 45.3 Å². The van der Waals surface area contributed by atoms with Gasteiger partial charge >= 0.3 is 0 Å². The summed E-state index contributed by atoms with van der Waals surface area (Å²) in [6.45, 7) is 0. The zero-order chi connectivity index (χ0) is 32.3. The summed E-state index contributed by atoms with van der Waals surface area (Å²) in [4.78, 5) is 19.8. The van der Waals surface area contributed by atoms with Gasteiger partial charge in [-0.2, -0.15) is 0 Å². The van der Waals surface area contributed by atoms with Crippen LogP contribution in [0.2, 0.25) is 0 Å². The standard InChI is InChI=1S/C44H26N4O/c1-2-11-28(12-3-1)42-46-43(32-21-20-27-10-4-5-13-29(27)22-32)48-44(47-42)36-19-9-16-33-34(36)17-8-18-35(33)38-25-45-26-40-41(38)37-23-30-14-6-7-15-31(30)24-39(37)49-40/h1-26H. The van der Waals surface area contributed by atoms with Crippen LogP contribution in [-0.4, -0.2) is 19.9 Å². The van der Waals surface area contributed by atoms with Gasteiger partial charge in [0, 0.05) is 39.2 Å². The Morgan fingerprint density at radius 2 is 1.00 bits per heavy atom. The van der Waals surface area contributed by atoms with Gasteiger partial charge in [-0.1, -0.05) is 127 Å². The Morgan fingerprint density at radius 3 is 1.80 bits per heavy atom. The van der Waals surface area contributed by atoms with Crippen molar-refractivity contribution in [3.05, 3.63) is 158 Å². The van der Waals surface area contributed by atoms with Gasteiger partial charge in [-0.15, -0.1) is 0 Å².